The number of aliphatic hydroxyl groups is 2. The molecule has 1 saturated heterocycles. The summed E-state index contributed by atoms with van der Waals surface area (Å²) in [6.45, 7) is -0.448. The number of nitrogens with zero attached hydrogens (tertiary/aromatic N) is 7. The summed E-state index contributed by atoms with van der Waals surface area (Å²) in [7, 11) is 0. The van der Waals surface area contributed by atoms with Crippen molar-refractivity contribution < 1.29 is 14.9 Å². The molecule has 2 aromatic rings. The van der Waals surface area contributed by atoms with Gasteiger partial charge in [0.25, 0.3) is 0 Å². The molecule has 0 spiro atoms. The van der Waals surface area contributed by atoms with E-state index in [0.29, 0.717) is 11.0 Å². The van der Waals surface area contributed by atoms with Gasteiger partial charge >= 0.3 is 0 Å². The highest BCUT2D eigenvalue weighted by molar-refractivity contribution is 5.91. The van der Waals surface area contributed by atoms with Crippen LogP contribution in [0.25, 0.3) is 21.5 Å². The van der Waals surface area contributed by atoms with Gasteiger partial charge in [0.2, 0.25) is 0 Å². The molecule has 0 radical (unpaired) electrons. The Labute approximate surface area is 129 Å². The lowest BCUT2D eigenvalue weighted by Crippen LogP contribution is -2.31. The van der Waals surface area contributed by atoms with Gasteiger partial charge in [-0.2, -0.15) is 5.26 Å². The Morgan fingerprint density at radius 1 is 1.57 bits per heavy atom. The van der Waals surface area contributed by atoms with Crippen LogP contribution in [0.4, 0.5) is 5.82 Å². The molecule has 2 aromatic heterocycles. The predicted molar refractivity (Wildman–Crippen MR) is 76.6 cm³/mol. The smallest absolute Gasteiger partial charge is 0.148 e. The number of azide groups is 1. The predicted octanol–water partition coefficient (Wildman–Crippen LogP) is -0.185. The molecule has 4 N–H and O–H groups in total. The first-order chi connectivity index (χ1) is 11.1. The van der Waals surface area contributed by atoms with Crippen molar-refractivity contribution in [2.75, 3.05) is 12.3 Å². The first-order valence-electron chi connectivity index (χ1n) is 6.62. The number of nitrogen functional groups attached to an aromatic ring is 1. The van der Waals surface area contributed by atoms with Gasteiger partial charge in [-0.25, -0.2) is 9.97 Å². The maximum Gasteiger partial charge on any atom is 0.148 e. The molecule has 1 fully saturated rings. The SMILES string of the molecule is N#Cc1cn([C@@H]2O[C@H](CO)[C@@H](O)[C@@H]2N=[N+]=[N-])c2ncnc(N)c12. The van der Waals surface area contributed by atoms with Crippen LogP contribution in [0.5, 0.6) is 0 Å². The highest BCUT2D eigenvalue weighted by Gasteiger charge is 2.44. The van der Waals surface area contributed by atoms with Crippen molar-refractivity contribution in [3.63, 3.8) is 0 Å². The van der Waals surface area contributed by atoms with Crippen LogP contribution in [0.15, 0.2) is 17.6 Å². The van der Waals surface area contributed by atoms with Gasteiger partial charge in [0.15, 0.2) is 0 Å². The fourth-order valence-corrected chi connectivity index (χ4v) is 2.68. The molecule has 0 unspecified atom stereocenters. The van der Waals surface area contributed by atoms with Gasteiger partial charge in [-0.3, -0.25) is 0 Å². The number of fused-ring (bicyclic) bond motifs is 1. The highest BCUT2D eigenvalue weighted by Crippen LogP contribution is 2.35. The third-order valence-corrected chi connectivity index (χ3v) is 3.74. The number of ether oxygens (including phenoxy) is 1. The number of aliphatic hydroxyl groups excluding tert-OH is 2. The van der Waals surface area contributed by atoms with Gasteiger partial charge in [0.05, 0.1) is 23.7 Å². The molecule has 1 aliphatic heterocycles. The molecule has 0 amide bonds. The van der Waals surface area contributed by atoms with Gasteiger partial charge in [0.1, 0.15) is 42.2 Å². The molecule has 0 saturated carbocycles. The monoisotopic (exact) mass is 316 g/mol. The number of anilines is 1. The molecule has 3 rings (SSSR count). The van der Waals surface area contributed by atoms with E-state index in [1.807, 2.05) is 6.07 Å². The second-order valence-electron chi connectivity index (χ2n) is 4.95. The summed E-state index contributed by atoms with van der Waals surface area (Å²) in [5, 5.41) is 32.5. The normalized spacial score (nSPS) is 26.8. The number of hydrogen-bond acceptors (Lipinski definition) is 8. The minimum absolute atomic E-state index is 0.128. The van der Waals surface area contributed by atoms with Gasteiger partial charge in [0, 0.05) is 11.1 Å². The van der Waals surface area contributed by atoms with E-state index in [4.69, 9.17) is 16.0 Å². The number of nitriles is 1. The maximum atomic E-state index is 10.1. The second kappa shape index (κ2) is 5.71. The van der Waals surface area contributed by atoms with Crippen LogP contribution in [0.1, 0.15) is 11.8 Å². The summed E-state index contributed by atoms with van der Waals surface area (Å²) in [4.78, 5) is 10.6. The largest absolute Gasteiger partial charge is 0.394 e. The van der Waals surface area contributed by atoms with Crippen LogP contribution in [-0.2, 0) is 4.74 Å². The molecule has 4 atom stereocenters. The Morgan fingerprint density at radius 3 is 3.00 bits per heavy atom. The third kappa shape index (κ3) is 2.23. The molecule has 1 aliphatic rings. The molecule has 0 aliphatic carbocycles. The van der Waals surface area contributed by atoms with E-state index >= 15 is 0 Å². The van der Waals surface area contributed by atoms with Crippen LogP contribution in [0.2, 0.25) is 0 Å². The van der Waals surface area contributed by atoms with E-state index in [2.05, 4.69) is 20.0 Å². The second-order valence-corrected chi connectivity index (χ2v) is 4.95. The fourth-order valence-electron chi connectivity index (χ4n) is 2.68. The zero-order valence-corrected chi connectivity index (χ0v) is 11.7. The fraction of sp³-hybridized carbons (Fsp3) is 0.417. The Balaban J connectivity index is 2.18. The summed E-state index contributed by atoms with van der Waals surface area (Å²) in [5.41, 5.74) is 15.0. The molecular weight excluding hydrogens is 304 g/mol. The summed E-state index contributed by atoms with van der Waals surface area (Å²) in [6.07, 6.45) is -0.378. The molecule has 0 bridgehead atoms. The highest BCUT2D eigenvalue weighted by atomic mass is 16.5. The number of hydrogen-bond donors (Lipinski definition) is 3. The number of nitrogens with two attached hydrogens (primary N) is 1. The van der Waals surface area contributed by atoms with E-state index in [0.717, 1.165) is 0 Å². The molecule has 3 heterocycles. The minimum Gasteiger partial charge on any atom is -0.394 e. The lowest BCUT2D eigenvalue weighted by molar-refractivity contribution is -0.0435. The number of rotatable bonds is 3. The van der Waals surface area contributed by atoms with Gasteiger partial charge in [-0.1, -0.05) is 5.11 Å². The van der Waals surface area contributed by atoms with Crippen LogP contribution >= 0.6 is 0 Å². The Kier molecular flexibility index (Phi) is 3.73. The zero-order valence-electron chi connectivity index (χ0n) is 11.7. The molecular formula is C12H12N8O3. The molecule has 23 heavy (non-hydrogen) atoms. The average Bonchev–Trinajstić information content (AvgIpc) is 3.07. The van der Waals surface area contributed by atoms with Crippen molar-refractivity contribution in [2.24, 2.45) is 5.11 Å². The van der Waals surface area contributed by atoms with Crippen molar-refractivity contribution in [3.8, 4) is 6.07 Å². The van der Waals surface area contributed by atoms with E-state index in [-0.39, 0.29) is 11.4 Å². The van der Waals surface area contributed by atoms with Crippen LogP contribution < -0.4 is 5.73 Å². The van der Waals surface area contributed by atoms with Crippen LogP contribution in [-0.4, -0.2) is 49.6 Å². The Bertz CT molecular complexity index is 837. The molecule has 11 nitrogen and oxygen atoms in total. The van der Waals surface area contributed by atoms with Gasteiger partial charge in [-0.15, -0.1) is 0 Å². The molecule has 11 heteroatoms. The van der Waals surface area contributed by atoms with Crippen molar-refractivity contribution >= 4 is 16.9 Å². The quantitative estimate of drug-likeness (QED) is 0.398. The Hall–Kier alpha value is -2.90. The van der Waals surface area contributed by atoms with Crippen molar-refractivity contribution in [1.29, 1.82) is 5.26 Å². The van der Waals surface area contributed by atoms with Gasteiger partial charge in [-0.05, 0) is 5.53 Å². The average molecular weight is 316 g/mol. The molecule has 118 valence electrons. The van der Waals surface area contributed by atoms with Gasteiger partial charge < -0.3 is 25.3 Å². The lowest BCUT2D eigenvalue weighted by Gasteiger charge is -2.17. The van der Waals surface area contributed by atoms with Crippen molar-refractivity contribution in [3.05, 3.63) is 28.5 Å². The summed E-state index contributed by atoms with van der Waals surface area (Å²) in [6, 6.07) is 0.996. The third-order valence-electron chi connectivity index (χ3n) is 3.74. The van der Waals surface area contributed by atoms with Crippen molar-refractivity contribution in [1.82, 2.24) is 14.5 Å². The first kappa shape index (κ1) is 15.0. The Morgan fingerprint density at radius 2 is 2.35 bits per heavy atom. The summed E-state index contributed by atoms with van der Waals surface area (Å²) >= 11 is 0. The minimum atomic E-state index is -1.19. The van der Waals surface area contributed by atoms with E-state index in [1.165, 1.54) is 17.1 Å². The zero-order chi connectivity index (χ0) is 16.6. The number of aromatic nitrogens is 3. The topological polar surface area (TPSA) is 179 Å². The van der Waals surface area contributed by atoms with E-state index in [9.17, 15) is 15.5 Å². The molecule has 0 aromatic carbocycles. The first-order valence-corrected chi connectivity index (χ1v) is 6.62. The standard InChI is InChI=1S/C12H12N8O3/c13-1-5-2-20(11-7(5)10(14)16-4-17-11)12-8(18-19-15)9(22)6(3-21)23-12/h2,4,6,8-9,12,21-22H,3H2,(H2,14,16,17)/t6-,8+,9-,12-/m1/s1. The summed E-state index contributed by atoms with van der Waals surface area (Å²) < 4.78 is 7.02. The summed E-state index contributed by atoms with van der Waals surface area (Å²) in [5.74, 6) is 0.128. The maximum absolute atomic E-state index is 10.1. The van der Waals surface area contributed by atoms with Crippen LogP contribution in [0.3, 0.4) is 0 Å². The van der Waals surface area contributed by atoms with Crippen LogP contribution in [0, 0.1) is 11.3 Å². The van der Waals surface area contributed by atoms with Crippen molar-refractivity contribution in [2.45, 2.75) is 24.5 Å². The lowest BCUT2D eigenvalue weighted by atomic mass is 10.1. The van der Waals surface area contributed by atoms with E-state index < -0.39 is 31.1 Å². The van der Waals surface area contributed by atoms with E-state index in [1.54, 1.807) is 0 Å².